The van der Waals surface area contributed by atoms with Gasteiger partial charge in [-0.1, -0.05) is 33.4 Å². The second-order valence-corrected chi connectivity index (χ2v) is 5.95. The van der Waals surface area contributed by atoms with Crippen molar-refractivity contribution in [2.24, 2.45) is 11.1 Å². The summed E-state index contributed by atoms with van der Waals surface area (Å²) in [6.07, 6.45) is 2.95. The lowest BCUT2D eigenvalue weighted by molar-refractivity contribution is -0.153. The van der Waals surface area contributed by atoms with Gasteiger partial charge in [0.25, 0.3) is 0 Å². The highest BCUT2D eigenvalue weighted by molar-refractivity contribution is 5.88. The van der Waals surface area contributed by atoms with Crippen molar-refractivity contribution in [1.29, 1.82) is 0 Å². The van der Waals surface area contributed by atoms with Crippen molar-refractivity contribution in [3.63, 3.8) is 0 Å². The molecule has 0 unspecified atom stereocenters. The highest BCUT2D eigenvalue weighted by Gasteiger charge is 2.39. The molecule has 5 nitrogen and oxygen atoms in total. The third kappa shape index (κ3) is 3.80. The Hall–Kier alpha value is -1.36. The minimum Gasteiger partial charge on any atom is -0.460 e. The molecular weight excluding hydrogens is 244 g/mol. The van der Waals surface area contributed by atoms with Gasteiger partial charge in [0.2, 0.25) is 5.91 Å². The zero-order valence-corrected chi connectivity index (χ0v) is 12.0. The molecule has 19 heavy (non-hydrogen) atoms. The van der Waals surface area contributed by atoms with Crippen LogP contribution < -0.4 is 5.73 Å². The zero-order valence-electron chi connectivity index (χ0n) is 12.0. The van der Waals surface area contributed by atoms with E-state index in [9.17, 15) is 9.59 Å². The Kier molecular flexibility index (Phi) is 5.11. The summed E-state index contributed by atoms with van der Waals surface area (Å²) in [5.41, 5.74) is 5.65. The van der Waals surface area contributed by atoms with Gasteiger partial charge in [-0.15, -0.1) is 0 Å². The monoisotopic (exact) mass is 268 g/mol. The Morgan fingerprint density at radius 3 is 2.68 bits per heavy atom. The number of hydrogen-bond acceptors (Lipinski definition) is 4. The molecule has 0 radical (unpaired) electrons. The van der Waals surface area contributed by atoms with Crippen molar-refractivity contribution in [3.05, 3.63) is 12.7 Å². The summed E-state index contributed by atoms with van der Waals surface area (Å²) in [6.45, 7) is 9.97. The van der Waals surface area contributed by atoms with E-state index in [2.05, 4.69) is 6.58 Å². The maximum absolute atomic E-state index is 12.4. The number of hydrogen-bond donors (Lipinski definition) is 1. The van der Waals surface area contributed by atoms with Crippen LogP contribution in [0.2, 0.25) is 0 Å². The molecule has 1 amide bonds. The third-order valence-corrected chi connectivity index (χ3v) is 3.35. The van der Waals surface area contributed by atoms with Crippen LogP contribution in [0.15, 0.2) is 12.7 Å². The van der Waals surface area contributed by atoms with Crippen LogP contribution in [0.3, 0.4) is 0 Å². The molecule has 0 aromatic rings. The van der Waals surface area contributed by atoms with E-state index in [1.54, 1.807) is 4.90 Å². The summed E-state index contributed by atoms with van der Waals surface area (Å²) in [6, 6.07) is -1.11. The molecule has 0 saturated carbocycles. The molecule has 1 fully saturated rings. The number of carbonyl (C=O) groups excluding carboxylic acids is 2. The SMILES string of the molecule is C=CCOC(=O)[C@H]1CCCN1C(=O)[C@H](N)C(C)(C)C. The van der Waals surface area contributed by atoms with E-state index in [1.807, 2.05) is 20.8 Å². The van der Waals surface area contributed by atoms with Gasteiger partial charge in [-0.3, -0.25) is 4.79 Å². The van der Waals surface area contributed by atoms with Crippen LogP contribution in [-0.2, 0) is 14.3 Å². The van der Waals surface area contributed by atoms with Gasteiger partial charge < -0.3 is 15.4 Å². The number of rotatable bonds is 4. The Balaban J connectivity index is 2.73. The first kappa shape index (κ1) is 15.7. The van der Waals surface area contributed by atoms with E-state index >= 15 is 0 Å². The third-order valence-electron chi connectivity index (χ3n) is 3.35. The summed E-state index contributed by atoms with van der Waals surface area (Å²) in [7, 11) is 0. The molecule has 0 bridgehead atoms. The van der Waals surface area contributed by atoms with Gasteiger partial charge in [-0.2, -0.15) is 0 Å². The van der Waals surface area contributed by atoms with E-state index in [0.29, 0.717) is 13.0 Å². The van der Waals surface area contributed by atoms with Crippen LogP contribution >= 0.6 is 0 Å². The smallest absolute Gasteiger partial charge is 0.329 e. The standard InChI is InChI=1S/C14H24N2O3/c1-5-9-19-13(18)10-7-6-8-16(10)12(17)11(15)14(2,3)4/h5,10-11H,1,6-9,15H2,2-4H3/t10-,11+/m1/s1. The fraction of sp³-hybridized carbons (Fsp3) is 0.714. The topological polar surface area (TPSA) is 72.6 Å². The van der Waals surface area contributed by atoms with Crippen LogP contribution in [0.4, 0.5) is 0 Å². The molecule has 2 atom stereocenters. The van der Waals surface area contributed by atoms with Crippen LogP contribution in [0.25, 0.3) is 0 Å². The van der Waals surface area contributed by atoms with Crippen molar-refractivity contribution in [2.75, 3.05) is 13.2 Å². The normalized spacial score (nSPS) is 21.1. The highest BCUT2D eigenvalue weighted by Crippen LogP contribution is 2.24. The van der Waals surface area contributed by atoms with Gasteiger partial charge in [-0.25, -0.2) is 4.79 Å². The first-order chi connectivity index (χ1) is 8.79. The van der Waals surface area contributed by atoms with Crippen LogP contribution in [0, 0.1) is 5.41 Å². The van der Waals surface area contributed by atoms with Crippen molar-refractivity contribution in [3.8, 4) is 0 Å². The molecule has 0 aliphatic carbocycles. The first-order valence-electron chi connectivity index (χ1n) is 6.62. The van der Waals surface area contributed by atoms with E-state index in [1.165, 1.54) is 6.08 Å². The van der Waals surface area contributed by atoms with Crippen molar-refractivity contribution < 1.29 is 14.3 Å². The fourth-order valence-corrected chi connectivity index (χ4v) is 2.06. The van der Waals surface area contributed by atoms with E-state index < -0.39 is 12.1 Å². The number of amides is 1. The van der Waals surface area contributed by atoms with Gasteiger partial charge in [0.1, 0.15) is 12.6 Å². The van der Waals surface area contributed by atoms with E-state index in [-0.39, 0.29) is 23.9 Å². The molecule has 1 aliphatic heterocycles. The molecule has 5 heteroatoms. The number of nitrogens with zero attached hydrogens (tertiary/aromatic N) is 1. The Labute approximate surface area is 114 Å². The Bertz CT molecular complexity index is 360. The van der Waals surface area contributed by atoms with Crippen LogP contribution in [0.5, 0.6) is 0 Å². The first-order valence-corrected chi connectivity index (χ1v) is 6.62. The summed E-state index contributed by atoms with van der Waals surface area (Å²) in [5, 5.41) is 0. The van der Waals surface area contributed by atoms with Gasteiger partial charge in [-0.05, 0) is 18.3 Å². The van der Waals surface area contributed by atoms with Gasteiger partial charge in [0, 0.05) is 6.54 Å². The average Bonchev–Trinajstić information content (AvgIpc) is 2.82. The molecule has 1 saturated heterocycles. The van der Waals surface area contributed by atoms with Crippen molar-refractivity contribution in [1.82, 2.24) is 4.90 Å². The fourth-order valence-electron chi connectivity index (χ4n) is 2.06. The minimum atomic E-state index is -0.611. The average molecular weight is 268 g/mol. The number of nitrogens with two attached hydrogens (primary N) is 1. The zero-order chi connectivity index (χ0) is 14.6. The summed E-state index contributed by atoms with van der Waals surface area (Å²) >= 11 is 0. The minimum absolute atomic E-state index is 0.169. The van der Waals surface area contributed by atoms with Crippen LogP contribution in [-0.4, -0.2) is 42.0 Å². The summed E-state index contributed by atoms with van der Waals surface area (Å²) < 4.78 is 5.03. The molecule has 0 aromatic heterocycles. The van der Waals surface area contributed by atoms with Crippen LogP contribution in [0.1, 0.15) is 33.6 Å². The number of ether oxygens (including phenoxy) is 1. The van der Waals surface area contributed by atoms with Gasteiger partial charge >= 0.3 is 5.97 Å². The highest BCUT2D eigenvalue weighted by atomic mass is 16.5. The quantitative estimate of drug-likeness (QED) is 0.611. The lowest BCUT2D eigenvalue weighted by Crippen LogP contribution is -2.53. The van der Waals surface area contributed by atoms with E-state index in [0.717, 1.165) is 6.42 Å². The molecule has 1 heterocycles. The lowest BCUT2D eigenvalue weighted by atomic mass is 9.86. The molecular formula is C14H24N2O3. The second kappa shape index (κ2) is 6.19. The number of likely N-dealkylation sites (tertiary alicyclic amines) is 1. The summed E-state index contributed by atoms with van der Waals surface area (Å²) in [4.78, 5) is 25.8. The predicted molar refractivity (Wildman–Crippen MR) is 73.3 cm³/mol. The summed E-state index contributed by atoms with van der Waals surface area (Å²) in [5.74, 6) is -0.544. The molecule has 0 spiro atoms. The van der Waals surface area contributed by atoms with E-state index in [4.69, 9.17) is 10.5 Å². The van der Waals surface area contributed by atoms with Crippen molar-refractivity contribution in [2.45, 2.75) is 45.7 Å². The largest absolute Gasteiger partial charge is 0.460 e. The maximum Gasteiger partial charge on any atom is 0.329 e. The second-order valence-electron chi connectivity index (χ2n) is 5.95. The molecule has 1 aliphatic rings. The van der Waals surface area contributed by atoms with Crippen molar-refractivity contribution >= 4 is 11.9 Å². The lowest BCUT2D eigenvalue weighted by Gasteiger charge is -2.32. The maximum atomic E-state index is 12.4. The Morgan fingerprint density at radius 1 is 1.53 bits per heavy atom. The molecule has 0 aromatic carbocycles. The Morgan fingerprint density at radius 2 is 2.16 bits per heavy atom. The predicted octanol–water partition coefficient (Wildman–Crippen LogP) is 1.08. The number of esters is 1. The number of carbonyl (C=O) groups is 2. The van der Waals surface area contributed by atoms with Gasteiger partial charge in [0.15, 0.2) is 0 Å². The molecule has 108 valence electrons. The van der Waals surface area contributed by atoms with Gasteiger partial charge in [0.05, 0.1) is 6.04 Å². The molecule has 2 N–H and O–H groups in total. The molecule has 1 rings (SSSR count).